The Labute approximate surface area is 136 Å². The van der Waals surface area contributed by atoms with E-state index >= 15 is 0 Å². The van der Waals surface area contributed by atoms with Gasteiger partial charge in [0.1, 0.15) is 16.2 Å². The predicted molar refractivity (Wildman–Crippen MR) is 82.5 cm³/mol. The van der Waals surface area contributed by atoms with Crippen molar-refractivity contribution in [2.24, 2.45) is 0 Å². The van der Waals surface area contributed by atoms with Crippen molar-refractivity contribution >= 4 is 27.4 Å². The van der Waals surface area contributed by atoms with Crippen molar-refractivity contribution < 1.29 is 17.7 Å². The number of amides is 2. The van der Waals surface area contributed by atoms with Crippen molar-refractivity contribution in [1.82, 2.24) is 19.7 Å². The molecule has 23 heavy (non-hydrogen) atoms. The van der Waals surface area contributed by atoms with Crippen LogP contribution in [0, 0.1) is 0 Å². The van der Waals surface area contributed by atoms with Gasteiger partial charge in [0.15, 0.2) is 0 Å². The molecule has 4 heterocycles. The molecule has 1 spiro atoms. The van der Waals surface area contributed by atoms with Crippen molar-refractivity contribution in [1.29, 1.82) is 0 Å². The zero-order valence-electron chi connectivity index (χ0n) is 12.2. The molecule has 2 aliphatic rings. The Morgan fingerprint density at radius 2 is 2.13 bits per heavy atom. The van der Waals surface area contributed by atoms with E-state index in [1.54, 1.807) is 30.1 Å². The number of likely N-dealkylation sites (N-methyl/N-ethyl adjacent to an activating group) is 1. The highest BCUT2D eigenvalue weighted by atomic mass is 32.2. The van der Waals surface area contributed by atoms with Crippen molar-refractivity contribution in [2.75, 3.05) is 26.7 Å². The number of hydrogen-bond donors (Lipinski definition) is 1. The van der Waals surface area contributed by atoms with E-state index in [0.29, 0.717) is 25.3 Å². The Morgan fingerprint density at radius 3 is 2.74 bits per heavy atom. The number of urea groups is 1. The average Bonchev–Trinajstić information content (AvgIpc) is 3.18. The molecule has 2 amide bonds. The Hall–Kier alpha value is -1.91. The molecular weight excluding hydrogens is 340 g/mol. The van der Waals surface area contributed by atoms with Crippen LogP contribution in [0.4, 0.5) is 4.79 Å². The normalized spacial score (nSPS) is 20.7. The number of sulfonamides is 1. The maximum Gasteiger partial charge on any atom is 0.317 e. The van der Waals surface area contributed by atoms with Gasteiger partial charge in [0.25, 0.3) is 10.0 Å². The number of nitrogens with one attached hydrogen (secondary N) is 1. The number of nitrogens with zero attached hydrogens (tertiary/aromatic N) is 3. The lowest BCUT2D eigenvalue weighted by Crippen LogP contribution is -2.69. The SMILES string of the molecule is CN1C(=O)NCC12CN(S(=O)(=O)c1ccc(-c3ccon3)s1)C2. The second-order valence-electron chi connectivity index (χ2n) is 5.72. The number of aromatic nitrogens is 1. The number of hydrogen-bond acceptors (Lipinski definition) is 6. The lowest BCUT2D eigenvalue weighted by molar-refractivity contribution is 0.0628. The summed E-state index contributed by atoms with van der Waals surface area (Å²) in [4.78, 5) is 13.9. The third-order valence-electron chi connectivity index (χ3n) is 4.39. The molecule has 10 heteroatoms. The summed E-state index contributed by atoms with van der Waals surface area (Å²) in [5.74, 6) is 0. The first-order valence-electron chi connectivity index (χ1n) is 6.95. The van der Waals surface area contributed by atoms with Gasteiger partial charge in [-0.2, -0.15) is 4.31 Å². The van der Waals surface area contributed by atoms with E-state index in [4.69, 9.17) is 4.52 Å². The van der Waals surface area contributed by atoms with Gasteiger partial charge >= 0.3 is 6.03 Å². The van der Waals surface area contributed by atoms with Crippen LogP contribution in [0.25, 0.3) is 10.6 Å². The third kappa shape index (κ3) is 2.09. The summed E-state index contributed by atoms with van der Waals surface area (Å²) >= 11 is 1.16. The molecule has 0 unspecified atom stereocenters. The fourth-order valence-electron chi connectivity index (χ4n) is 2.86. The average molecular weight is 354 g/mol. The standard InChI is InChI=1S/C13H14N4O4S2/c1-16-12(18)14-6-13(16)7-17(8-13)23(19,20)11-3-2-10(22-11)9-4-5-21-15-9/h2-5H,6-8H2,1H3,(H,14,18). The minimum atomic E-state index is -3.55. The van der Waals surface area contributed by atoms with Gasteiger partial charge in [-0.3, -0.25) is 0 Å². The van der Waals surface area contributed by atoms with E-state index in [2.05, 4.69) is 10.5 Å². The molecule has 8 nitrogen and oxygen atoms in total. The van der Waals surface area contributed by atoms with Crippen molar-refractivity contribution in [3.8, 4) is 10.6 Å². The number of thiophene rings is 1. The molecule has 0 aliphatic carbocycles. The first-order chi connectivity index (χ1) is 10.9. The third-order valence-corrected chi connectivity index (χ3v) is 7.76. The zero-order valence-corrected chi connectivity index (χ0v) is 13.9. The van der Waals surface area contributed by atoms with Gasteiger partial charge in [0.2, 0.25) is 0 Å². The van der Waals surface area contributed by atoms with Crippen LogP contribution in [0.15, 0.2) is 33.2 Å². The van der Waals surface area contributed by atoms with Crippen molar-refractivity contribution in [3.05, 3.63) is 24.5 Å². The van der Waals surface area contributed by atoms with E-state index in [-0.39, 0.29) is 10.2 Å². The molecule has 2 aromatic heterocycles. The van der Waals surface area contributed by atoms with Gasteiger partial charge in [0.05, 0.1) is 10.4 Å². The van der Waals surface area contributed by atoms with E-state index in [1.165, 1.54) is 10.6 Å². The summed E-state index contributed by atoms with van der Waals surface area (Å²) in [5.41, 5.74) is 0.193. The van der Waals surface area contributed by atoms with Gasteiger partial charge in [0, 0.05) is 32.7 Å². The van der Waals surface area contributed by atoms with Crippen LogP contribution in [0.3, 0.4) is 0 Å². The Kier molecular flexibility index (Phi) is 3.06. The van der Waals surface area contributed by atoms with Crippen LogP contribution in [-0.2, 0) is 10.0 Å². The summed E-state index contributed by atoms with van der Waals surface area (Å²) in [6.45, 7) is 1.09. The Bertz CT molecular complexity index is 852. The number of carbonyl (C=O) groups is 1. The van der Waals surface area contributed by atoms with Crippen LogP contribution in [0.2, 0.25) is 0 Å². The van der Waals surface area contributed by atoms with Gasteiger partial charge in [-0.1, -0.05) is 5.16 Å². The molecule has 122 valence electrons. The first kappa shape index (κ1) is 14.7. The highest BCUT2D eigenvalue weighted by Crippen LogP contribution is 2.37. The fraction of sp³-hybridized carbons (Fsp3) is 0.385. The lowest BCUT2D eigenvalue weighted by atomic mass is 9.92. The summed E-state index contributed by atoms with van der Waals surface area (Å²) in [6, 6.07) is 4.83. The highest BCUT2D eigenvalue weighted by Gasteiger charge is 2.55. The molecule has 0 saturated carbocycles. The summed E-state index contributed by atoms with van der Waals surface area (Å²) in [7, 11) is -1.85. The number of rotatable bonds is 3. The minimum absolute atomic E-state index is 0.161. The second kappa shape index (κ2) is 4.79. The zero-order chi connectivity index (χ0) is 16.2. The maximum absolute atomic E-state index is 12.7. The van der Waals surface area contributed by atoms with Gasteiger partial charge < -0.3 is 14.7 Å². The fourth-order valence-corrected chi connectivity index (χ4v) is 5.88. The highest BCUT2D eigenvalue weighted by molar-refractivity contribution is 7.91. The largest absolute Gasteiger partial charge is 0.364 e. The Balaban J connectivity index is 1.55. The smallest absolute Gasteiger partial charge is 0.317 e. The monoisotopic (exact) mass is 354 g/mol. The van der Waals surface area contributed by atoms with Crippen LogP contribution in [0.5, 0.6) is 0 Å². The van der Waals surface area contributed by atoms with Crippen LogP contribution < -0.4 is 5.32 Å². The molecule has 4 rings (SSSR count). The van der Waals surface area contributed by atoms with Gasteiger partial charge in [-0.25, -0.2) is 13.2 Å². The Morgan fingerprint density at radius 1 is 1.35 bits per heavy atom. The van der Waals surface area contributed by atoms with Crippen LogP contribution >= 0.6 is 11.3 Å². The van der Waals surface area contributed by atoms with E-state index in [1.807, 2.05) is 0 Å². The maximum atomic E-state index is 12.7. The van der Waals surface area contributed by atoms with Crippen LogP contribution in [0.1, 0.15) is 0 Å². The first-order valence-corrected chi connectivity index (χ1v) is 9.20. The van der Waals surface area contributed by atoms with Gasteiger partial charge in [-0.15, -0.1) is 11.3 Å². The van der Waals surface area contributed by atoms with E-state index < -0.39 is 15.6 Å². The molecule has 2 aliphatic heterocycles. The summed E-state index contributed by atoms with van der Waals surface area (Å²) in [6.07, 6.45) is 1.45. The summed E-state index contributed by atoms with van der Waals surface area (Å²) < 4.78 is 31.8. The molecule has 2 saturated heterocycles. The predicted octanol–water partition coefficient (Wildman–Crippen LogP) is 0.801. The molecule has 0 bridgehead atoms. The van der Waals surface area contributed by atoms with E-state index in [0.717, 1.165) is 16.2 Å². The molecule has 0 aromatic carbocycles. The molecule has 0 radical (unpaired) electrons. The molecule has 0 atom stereocenters. The molecule has 2 aromatic rings. The summed E-state index contributed by atoms with van der Waals surface area (Å²) in [5, 5.41) is 6.56. The minimum Gasteiger partial charge on any atom is -0.364 e. The van der Waals surface area contributed by atoms with Crippen molar-refractivity contribution in [2.45, 2.75) is 9.75 Å². The molecular formula is C13H14N4O4S2. The molecule has 2 fully saturated rings. The molecule has 1 N–H and O–H groups in total. The number of carbonyl (C=O) groups excluding carboxylic acids is 1. The van der Waals surface area contributed by atoms with Crippen molar-refractivity contribution in [3.63, 3.8) is 0 Å². The van der Waals surface area contributed by atoms with E-state index in [9.17, 15) is 13.2 Å². The topological polar surface area (TPSA) is 95.8 Å². The second-order valence-corrected chi connectivity index (χ2v) is 8.97. The van der Waals surface area contributed by atoms with Crippen LogP contribution in [-0.4, -0.2) is 61.0 Å². The lowest BCUT2D eigenvalue weighted by Gasteiger charge is -2.49. The van der Waals surface area contributed by atoms with Gasteiger partial charge in [-0.05, 0) is 12.1 Å². The quantitative estimate of drug-likeness (QED) is 0.880.